The zero-order chi connectivity index (χ0) is 14.8. The number of benzene rings is 2. The van der Waals surface area contributed by atoms with Gasteiger partial charge in [0.05, 0.1) is 7.11 Å². The van der Waals surface area contributed by atoms with Crippen LogP contribution in [-0.4, -0.2) is 7.11 Å². The van der Waals surface area contributed by atoms with Crippen molar-refractivity contribution in [1.29, 1.82) is 0 Å². The first-order chi connectivity index (χ1) is 9.42. The smallest absolute Gasteiger partial charge is 0.123 e. The topological polar surface area (TPSA) is 35.2 Å². The molecule has 2 aromatic carbocycles. The Balaban J connectivity index is 2.25. The molecule has 1 unspecified atom stereocenters. The Bertz CT molecular complexity index is 590. The first kappa shape index (κ1) is 14.5. The van der Waals surface area contributed by atoms with Gasteiger partial charge in [0.1, 0.15) is 11.6 Å². The van der Waals surface area contributed by atoms with Crippen molar-refractivity contribution in [2.24, 2.45) is 5.73 Å². The summed E-state index contributed by atoms with van der Waals surface area (Å²) in [6.45, 7) is 3.89. The lowest BCUT2D eigenvalue weighted by Gasteiger charge is -2.26. The highest BCUT2D eigenvalue weighted by Gasteiger charge is 2.22. The molecule has 0 bridgehead atoms. The van der Waals surface area contributed by atoms with Gasteiger partial charge in [-0.1, -0.05) is 18.2 Å². The van der Waals surface area contributed by atoms with E-state index in [0.717, 1.165) is 22.4 Å². The molecule has 0 aliphatic carbocycles. The van der Waals surface area contributed by atoms with Crippen molar-refractivity contribution in [2.75, 3.05) is 7.11 Å². The lowest BCUT2D eigenvalue weighted by Crippen LogP contribution is -2.35. The average Bonchev–Trinajstić information content (AvgIpc) is 2.42. The molecular formula is C17H20FNO. The van der Waals surface area contributed by atoms with Crippen molar-refractivity contribution in [3.8, 4) is 5.75 Å². The van der Waals surface area contributed by atoms with E-state index in [0.29, 0.717) is 6.42 Å². The van der Waals surface area contributed by atoms with Gasteiger partial charge >= 0.3 is 0 Å². The molecule has 0 aliphatic heterocycles. The fourth-order valence-corrected chi connectivity index (χ4v) is 2.33. The van der Waals surface area contributed by atoms with E-state index in [1.54, 1.807) is 19.2 Å². The minimum Gasteiger partial charge on any atom is -0.497 e. The molecule has 0 radical (unpaired) electrons. The molecular weight excluding hydrogens is 253 g/mol. The predicted octanol–water partition coefficient (Wildman–Crippen LogP) is 3.56. The van der Waals surface area contributed by atoms with E-state index in [1.165, 1.54) is 6.07 Å². The standard InChI is InChI=1S/C17H20FNO/c1-12-10-15(18)7-4-13(12)11-17(2,19)14-5-8-16(20-3)9-6-14/h4-10H,11,19H2,1-3H3. The van der Waals surface area contributed by atoms with Crippen LogP contribution in [0.1, 0.15) is 23.6 Å². The van der Waals surface area contributed by atoms with E-state index in [4.69, 9.17) is 10.5 Å². The molecule has 0 saturated heterocycles. The van der Waals surface area contributed by atoms with Crippen molar-refractivity contribution in [2.45, 2.75) is 25.8 Å². The van der Waals surface area contributed by atoms with E-state index >= 15 is 0 Å². The molecule has 1 atom stereocenters. The highest BCUT2D eigenvalue weighted by Crippen LogP contribution is 2.26. The van der Waals surface area contributed by atoms with Gasteiger partial charge in [-0.05, 0) is 61.2 Å². The van der Waals surface area contributed by atoms with Gasteiger partial charge in [-0.25, -0.2) is 4.39 Å². The molecule has 2 N–H and O–H groups in total. The zero-order valence-electron chi connectivity index (χ0n) is 12.1. The van der Waals surface area contributed by atoms with E-state index in [9.17, 15) is 4.39 Å². The van der Waals surface area contributed by atoms with Crippen LogP contribution in [0, 0.1) is 12.7 Å². The first-order valence-electron chi connectivity index (χ1n) is 6.61. The number of methoxy groups -OCH3 is 1. The molecule has 0 fully saturated rings. The number of hydrogen-bond donors (Lipinski definition) is 1. The fourth-order valence-electron chi connectivity index (χ4n) is 2.33. The summed E-state index contributed by atoms with van der Waals surface area (Å²) in [7, 11) is 1.64. The van der Waals surface area contributed by atoms with Crippen molar-refractivity contribution in [3.63, 3.8) is 0 Å². The summed E-state index contributed by atoms with van der Waals surface area (Å²) in [6, 6.07) is 12.6. The lowest BCUT2D eigenvalue weighted by atomic mass is 9.85. The second kappa shape index (κ2) is 5.63. The third kappa shape index (κ3) is 3.17. The molecule has 20 heavy (non-hydrogen) atoms. The second-order valence-corrected chi connectivity index (χ2v) is 5.39. The lowest BCUT2D eigenvalue weighted by molar-refractivity contribution is 0.413. The maximum absolute atomic E-state index is 13.1. The SMILES string of the molecule is COc1ccc(C(C)(N)Cc2ccc(F)cc2C)cc1. The number of hydrogen-bond acceptors (Lipinski definition) is 2. The van der Waals surface area contributed by atoms with Gasteiger partial charge in [0.25, 0.3) is 0 Å². The number of halogens is 1. The van der Waals surface area contributed by atoms with Crippen molar-refractivity contribution in [1.82, 2.24) is 0 Å². The van der Waals surface area contributed by atoms with Crippen LogP contribution < -0.4 is 10.5 Å². The van der Waals surface area contributed by atoms with Crippen LogP contribution in [0.4, 0.5) is 4.39 Å². The summed E-state index contributed by atoms with van der Waals surface area (Å²) < 4.78 is 18.3. The Morgan fingerprint density at radius 3 is 2.35 bits per heavy atom. The highest BCUT2D eigenvalue weighted by atomic mass is 19.1. The van der Waals surface area contributed by atoms with E-state index in [1.807, 2.05) is 38.1 Å². The zero-order valence-corrected chi connectivity index (χ0v) is 12.1. The molecule has 2 nitrogen and oxygen atoms in total. The Morgan fingerprint density at radius 1 is 1.15 bits per heavy atom. The maximum Gasteiger partial charge on any atom is 0.123 e. The van der Waals surface area contributed by atoms with Gasteiger partial charge in [0.15, 0.2) is 0 Å². The molecule has 0 amide bonds. The van der Waals surface area contributed by atoms with Crippen LogP contribution in [0.2, 0.25) is 0 Å². The normalized spacial score (nSPS) is 13.8. The fraction of sp³-hybridized carbons (Fsp3) is 0.294. The van der Waals surface area contributed by atoms with Crippen LogP contribution >= 0.6 is 0 Å². The summed E-state index contributed by atoms with van der Waals surface area (Å²) >= 11 is 0. The summed E-state index contributed by atoms with van der Waals surface area (Å²) in [6.07, 6.45) is 0.658. The van der Waals surface area contributed by atoms with Crippen LogP contribution in [0.5, 0.6) is 5.75 Å². The van der Waals surface area contributed by atoms with Gasteiger partial charge in [0, 0.05) is 5.54 Å². The van der Waals surface area contributed by atoms with Gasteiger partial charge in [-0.3, -0.25) is 0 Å². The minimum absolute atomic E-state index is 0.213. The summed E-state index contributed by atoms with van der Waals surface area (Å²) in [5.41, 5.74) is 8.95. The molecule has 106 valence electrons. The number of ether oxygens (including phenoxy) is 1. The monoisotopic (exact) mass is 273 g/mol. The predicted molar refractivity (Wildman–Crippen MR) is 79.4 cm³/mol. The molecule has 0 spiro atoms. The second-order valence-electron chi connectivity index (χ2n) is 5.39. The van der Waals surface area contributed by atoms with Crippen molar-refractivity contribution >= 4 is 0 Å². The summed E-state index contributed by atoms with van der Waals surface area (Å²) in [5.74, 6) is 0.594. The molecule has 0 heterocycles. The van der Waals surface area contributed by atoms with Gasteiger partial charge in [-0.15, -0.1) is 0 Å². The largest absolute Gasteiger partial charge is 0.497 e. The van der Waals surface area contributed by atoms with Gasteiger partial charge in [0.2, 0.25) is 0 Å². The van der Waals surface area contributed by atoms with Gasteiger partial charge in [-0.2, -0.15) is 0 Å². The minimum atomic E-state index is -0.505. The molecule has 0 aromatic heterocycles. The Hall–Kier alpha value is -1.87. The molecule has 0 aliphatic rings. The molecule has 3 heteroatoms. The quantitative estimate of drug-likeness (QED) is 0.924. The number of aryl methyl sites for hydroxylation is 1. The number of nitrogens with two attached hydrogens (primary N) is 1. The Morgan fingerprint density at radius 2 is 1.80 bits per heavy atom. The number of rotatable bonds is 4. The average molecular weight is 273 g/mol. The summed E-state index contributed by atoms with van der Waals surface area (Å²) in [4.78, 5) is 0. The maximum atomic E-state index is 13.1. The molecule has 2 rings (SSSR count). The van der Waals surface area contributed by atoms with Crippen molar-refractivity contribution in [3.05, 3.63) is 65.0 Å². The third-order valence-electron chi connectivity index (χ3n) is 3.61. The summed E-state index contributed by atoms with van der Waals surface area (Å²) in [5, 5.41) is 0. The van der Waals surface area contributed by atoms with Crippen LogP contribution in [0.25, 0.3) is 0 Å². The molecule has 0 saturated carbocycles. The molecule has 2 aromatic rings. The van der Waals surface area contributed by atoms with E-state index < -0.39 is 5.54 Å². The van der Waals surface area contributed by atoms with E-state index in [-0.39, 0.29) is 5.82 Å². The highest BCUT2D eigenvalue weighted by molar-refractivity contribution is 5.35. The van der Waals surface area contributed by atoms with Crippen molar-refractivity contribution < 1.29 is 9.13 Å². The third-order valence-corrected chi connectivity index (χ3v) is 3.61. The Labute approximate surface area is 119 Å². The van der Waals surface area contributed by atoms with E-state index in [2.05, 4.69) is 0 Å². The Kier molecular flexibility index (Phi) is 4.09. The first-order valence-corrected chi connectivity index (χ1v) is 6.61. The van der Waals surface area contributed by atoms with Crippen LogP contribution in [0.15, 0.2) is 42.5 Å². The van der Waals surface area contributed by atoms with Crippen LogP contribution in [-0.2, 0) is 12.0 Å². The van der Waals surface area contributed by atoms with Crippen LogP contribution in [0.3, 0.4) is 0 Å². The van der Waals surface area contributed by atoms with Gasteiger partial charge < -0.3 is 10.5 Å².